The van der Waals surface area contributed by atoms with Crippen molar-refractivity contribution in [2.24, 2.45) is 0 Å². The van der Waals surface area contributed by atoms with Gasteiger partial charge in [-0.05, 0) is 49.1 Å². The van der Waals surface area contributed by atoms with Gasteiger partial charge < -0.3 is 24.3 Å². The minimum atomic E-state index is 0.324. The number of aromatic hydroxyl groups is 1. The van der Waals surface area contributed by atoms with Gasteiger partial charge in [-0.1, -0.05) is 24.3 Å². The predicted octanol–water partition coefficient (Wildman–Crippen LogP) is 4.21. The smallest absolute Gasteiger partial charge is 0.204 e. The van der Waals surface area contributed by atoms with Crippen LogP contribution in [0, 0.1) is 6.92 Å². The fourth-order valence-corrected chi connectivity index (χ4v) is 4.41. The predicted molar refractivity (Wildman–Crippen MR) is 125 cm³/mol. The van der Waals surface area contributed by atoms with Crippen molar-refractivity contribution in [3.05, 3.63) is 71.9 Å². The number of piperidine rings is 1. The van der Waals surface area contributed by atoms with E-state index in [1.54, 1.807) is 18.3 Å². The third kappa shape index (κ3) is 4.62. The summed E-state index contributed by atoms with van der Waals surface area (Å²) in [4.78, 5) is 11.6. The normalized spacial score (nSPS) is 15.4. The maximum atomic E-state index is 9.44. The minimum absolute atomic E-state index is 0.324. The molecule has 2 aromatic carbocycles. The molecule has 2 N–H and O–H groups in total. The van der Waals surface area contributed by atoms with Gasteiger partial charge in [-0.3, -0.25) is 0 Å². The second kappa shape index (κ2) is 9.04. The van der Waals surface area contributed by atoms with Gasteiger partial charge in [-0.2, -0.15) is 0 Å². The van der Waals surface area contributed by atoms with Gasteiger partial charge in [-0.25, -0.2) is 9.97 Å². The number of benzene rings is 2. The fourth-order valence-electron chi connectivity index (χ4n) is 4.41. The van der Waals surface area contributed by atoms with Crippen LogP contribution in [0.4, 0.5) is 5.95 Å². The summed E-state index contributed by atoms with van der Waals surface area (Å²) in [5, 5.41) is 13.1. The van der Waals surface area contributed by atoms with Crippen molar-refractivity contribution in [3.8, 4) is 5.75 Å². The lowest BCUT2D eigenvalue weighted by atomic mass is 10.0. The Morgan fingerprint density at radius 2 is 1.88 bits per heavy atom. The molecule has 0 aliphatic carbocycles. The van der Waals surface area contributed by atoms with E-state index in [1.807, 2.05) is 31.2 Å². The summed E-state index contributed by atoms with van der Waals surface area (Å²) in [6.45, 7) is 5.65. The number of oxazole rings is 1. The van der Waals surface area contributed by atoms with Gasteiger partial charge in [0, 0.05) is 32.6 Å². The van der Waals surface area contributed by atoms with E-state index >= 15 is 0 Å². The second-order valence-electron chi connectivity index (χ2n) is 8.53. The molecule has 0 spiro atoms. The van der Waals surface area contributed by atoms with E-state index in [4.69, 9.17) is 9.40 Å². The molecular formula is C25H29N5O2. The van der Waals surface area contributed by atoms with Crippen LogP contribution in [0.1, 0.15) is 30.1 Å². The minimum Gasteiger partial charge on any atom is -0.508 e. The van der Waals surface area contributed by atoms with E-state index in [0.29, 0.717) is 24.2 Å². The monoisotopic (exact) mass is 431 g/mol. The maximum absolute atomic E-state index is 9.44. The molecule has 0 unspecified atom stereocenters. The van der Waals surface area contributed by atoms with E-state index in [2.05, 4.69) is 31.9 Å². The molecule has 1 saturated heterocycles. The van der Waals surface area contributed by atoms with Crippen LogP contribution >= 0.6 is 0 Å². The molecule has 5 rings (SSSR count). The first-order valence-corrected chi connectivity index (χ1v) is 11.3. The van der Waals surface area contributed by atoms with Crippen molar-refractivity contribution in [2.45, 2.75) is 38.8 Å². The van der Waals surface area contributed by atoms with Crippen LogP contribution in [0.3, 0.4) is 0 Å². The molecule has 7 nitrogen and oxygen atoms in total. The van der Waals surface area contributed by atoms with E-state index in [1.165, 1.54) is 5.56 Å². The van der Waals surface area contributed by atoms with Crippen molar-refractivity contribution in [3.63, 3.8) is 0 Å². The fraction of sp³-hybridized carbons (Fsp3) is 0.360. The van der Waals surface area contributed by atoms with E-state index in [0.717, 1.165) is 61.6 Å². The number of fused-ring (bicyclic) bond motifs is 1. The van der Waals surface area contributed by atoms with Crippen LogP contribution < -0.4 is 5.32 Å². The summed E-state index contributed by atoms with van der Waals surface area (Å²) in [6.07, 6.45) is 4.96. The molecule has 1 aliphatic heterocycles. The van der Waals surface area contributed by atoms with Gasteiger partial charge in [0.25, 0.3) is 0 Å². The van der Waals surface area contributed by atoms with Gasteiger partial charge in [0.1, 0.15) is 11.5 Å². The molecule has 0 atom stereocenters. The topological polar surface area (TPSA) is 79.4 Å². The molecule has 4 aromatic rings. The highest BCUT2D eigenvalue weighted by atomic mass is 16.4. The molecule has 32 heavy (non-hydrogen) atoms. The molecule has 2 aromatic heterocycles. The Balaban J connectivity index is 1.22. The zero-order valence-corrected chi connectivity index (χ0v) is 18.4. The Bertz CT molecular complexity index is 1170. The van der Waals surface area contributed by atoms with Crippen LogP contribution in [-0.2, 0) is 13.0 Å². The highest BCUT2D eigenvalue weighted by Crippen LogP contribution is 2.24. The molecular weight excluding hydrogens is 402 g/mol. The molecule has 0 saturated carbocycles. The van der Waals surface area contributed by atoms with Crippen LogP contribution in [-0.4, -0.2) is 50.2 Å². The summed E-state index contributed by atoms with van der Waals surface area (Å²) in [5.41, 5.74) is 3.34. The standard InChI is InChI=1S/C25H29N5O2/c1-18-26-16-22(32-18)17-30-24-5-3-2-4-23(24)28-25(30)27-20-11-14-29(15-12-20)13-10-19-6-8-21(31)9-7-19/h2-9,16,20,31H,10-15,17H2,1H3,(H,27,28). The Hall–Kier alpha value is -3.32. The molecule has 7 heteroatoms. The number of phenols is 1. The van der Waals surface area contributed by atoms with Crippen LogP contribution in [0.5, 0.6) is 5.75 Å². The molecule has 0 radical (unpaired) electrons. The molecule has 3 heterocycles. The number of rotatable bonds is 7. The lowest BCUT2D eigenvalue weighted by Crippen LogP contribution is -2.40. The van der Waals surface area contributed by atoms with Gasteiger partial charge >= 0.3 is 0 Å². The van der Waals surface area contributed by atoms with Crippen molar-refractivity contribution in [1.82, 2.24) is 19.4 Å². The molecule has 0 bridgehead atoms. The second-order valence-corrected chi connectivity index (χ2v) is 8.53. The number of nitrogens with zero attached hydrogens (tertiary/aromatic N) is 4. The molecule has 1 fully saturated rings. The highest BCUT2D eigenvalue weighted by molar-refractivity contribution is 5.78. The number of nitrogens with one attached hydrogen (secondary N) is 1. The summed E-state index contributed by atoms with van der Waals surface area (Å²) >= 11 is 0. The summed E-state index contributed by atoms with van der Waals surface area (Å²) < 4.78 is 7.91. The SMILES string of the molecule is Cc1ncc(Cn2c(NC3CCN(CCc4ccc(O)cc4)CC3)nc3ccccc32)o1. The average Bonchev–Trinajstić information content (AvgIpc) is 3.38. The van der Waals surface area contributed by atoms with Crippen molar-refractivity contribution >= 4 is 17.0 Å². The number of anilines is 1. The quantitative estimate of drug-likeness (QED) is 0.456. The number of likely N-dealkylation sites (tertiary alicyclic amines) is 1. The largest absolute Gasteiger partial charge is 0.508 e. The lowest BCUT2D eigenvalue weighted by Gasteiger charge is -2.32. The Morgan fingerprint density at radius 3 is 2.62 bits per heavy atom. The van der Waals surface area contributed by atoms with Crippen LogP contribution in [0.25, 0.3) is 11.0 Å². The number of para-hydroxylation sites is 2. The average molecular weight is 432 g/mol. The van der Waals surface area contributed by atoms with Crippen LogP contribution in [0.15, 0.2) is 59.1 Å². The first-order chi connectivity index (χ1) is 15.6. The van der Waals surface area contributed by atoms with E-state index < -0.39 is 0 Å². The van der Waals surface area contributed by atoms with Crippen molar-refractivity contribution in [2.75, 3.05) is 25.0 Å². The Kier molecular flexibility index (Phi) is 5.81. The van der Waals surface area contributed by atoms with Crippen molar-refractivity contribution < 1.29 is 9.52 Å². The number of aromatic nitrogens is 3. The maximum Gasteiger partial charge on any atom is 0.204 e. The molecule has 1 aliphatic rings. The zero-order chi connectivity index (χ0) is 21.9. The number of aryl methyl sites for hydroxylation is 1. The number of imidazole rings is 1. The van der Waals surface area contributed by atoms with Gasteiger partial charge in [0.05, 0.1) is 23.8 Å². The third-order valence-corrected chi connectivity index (χ3v) is 6.21. The number of hydrogen-bond acceptors (Lipinski definition) is 6. The van der Waals surface area contributed by atoms with Crippen LogP contribution in [0.2, 0.25) is 0 Å². The summed E-state index contributed by atoms with van der Waals surface area (Å²) in [7, 11) is 0. The number of phenolic OH excluding ortho intramolecular Hbond substituents is 1. The molecule has 0 amide bonds. The third-order valence-electron chi connectivity index (χ3n) is 6.21. The van der Waals surface area contributed by atoms with Gasteiger partial charge in [-0.15, -0.1) is 0 Å². The van der Waals surface area contributed by atoms with E-state index in [-0.39, 0.29) is 0 Å². The van der Waals surface area contributed by atoms with Gasteiger partial charge in [0.2, 0.25) is 5.95 Å². The van der Waals surface area contributed by atoms with Crippen molar-refractivity contribution in [1.29, 1.82) is 0 Å². The first-order valence-electron chi connectivity index (χ1n) is 11.3. The summed E-state index contributed by atoms with van der Waals surface area (Å²) in [6, 6.07) is 16.1. The van der Waals surface area contributed by atoms with E-state index in [9.17, 15) is 5.11 Å². The Labute approximate surface area is 187 Å². The Morgan fingerprint density at radius 1 is 1.09 bits per heavy atom. The molecule has 166 valence electrons. The lowest BCUT2D eigenvalue weighted by molar-refractivity contribution is 0.221. The van der Waals surface area contributed by atoms with Gasteiger partial charge in [0.15, 0.2) is 5.89 Å². The first kappa shape index (κ1) is 20.6. The highest BCUT2D eigenvalue weighted by Gasteiger charge is 2.21. The summed E-state index contributed by atoms with van der Waals surface area (Å²) in [5.74, 6) is 2.73. The zero-order valence-electron chi connectivity index (χ0n) is 18.4. The number of hydrogen-bond donors (Lipinski definition) is 2.